The lowest BCUT2D eigenvalue weighted by Gasteiger charge is -2.17. The Morgan fingerprint density at radius 3 is 2.88 bits per heavy atom. The molecule has 92 valence electrons. The Morgan fingerprint density at radius 1 is 1.53 bits per heavy atom. The fourth-order valence-electron chi connectivity index (χ4n) is 2.25. The maximum Gasteiger partial charge on any atom is 0.308 e. The zero-order chi connectivity index (χ0) is 12.4. The number of aliphatic carboxylic acids is 1. The number of nitrogens with one attached hydrogen (secondary N) is 1. The van der Waals surface area contributed by atoms with Crippen LogP contribution in [0.15, 0.2) is 12.5 Å². The van der Waals surface area contributed by atoms with Gasteiger partial charge in [0.15, 0.2) is 0 Å². The molecular weight excluding hydrogens is 222 g/mol. The molecule has 0 aromatic carbocycles. The molecule has 6 heteroatoms. The molecule has 2 atom stereocenters. The highest BCUT2D eigenvalue weighted by atomic mass is 16.4. The molecule has 0 radical (unpaired) electrons. The molecule has 0 saturated heterocycles. The number of carboxylic acids is 1. The van der Waals surface area contributed by atoms with Gasteiger partial charge in [-0.3, -0.25) is 9.59 Å². The van der Waals surface area contributed by atoms with Crippen LogP contribution in [0.1, 0.15) is 29.8 Å². The van der Waals surface area contributed by atoms with Gasteiger partial charge >= 0.3 is 5.97 Å². The lowest BCUT2D eigenvalue weighted by atomic mass is 10.0. The summed E-state index contributed by atoms with van der Waals surface area (Å²) in [5, 5.41) is 11.8. The highest BCUT2D eigenvalue weighted by Gasteiger charge is 2.34. The topological polar surface area (TPSA) is 84.2 Å². The molecule has 2 unspecified atom stereocenters. The molecule has 1 aliphatic carbocycles. The van der Waals surface area contributed by atoms with Gasteiger partial charge in [-0.2, -0.15) is 0 Å². The Labute approximate surface area is 98.7 Å². The van der Waals surface area contributed by atoms with Gasteiger partial charge in [-0.1, -0.05) is 6.42 Å². The first-order valence-electron chi connectivity index (χ1n) is 5.59. The first-order valence-corrected chi connectivity index (χ1v) is 5.59. The molecule has 2 N–H and O–H groups in total. The van der Waals surface area contributed by atoms with Gasteiger partial charge in [0.25, 0.3) is 5.91 Å². The van der Waals surface area contributed by atoms with E-state index in [1.807, 2.05) is 0 Å². The minimum atomic E-state index is -0.835. The van der Waals surface area contributed by atoms with E-state index in [4.69, 9.17) is 5.11 Å². The number of carbonyl (C=O) groups is 2. The SMILES string of the molecule is Cn1cncc1C(=O)NC1CCCC1C(=O)O. The van der Waals surface area contributed by atoms with Crippen molar-refractivity contribution in [1.82, 2.24) is 14.9 Å². The Hall–Kier alpha value is -1.85. The second-order valence-corrected chi connectivity index (χ2v) is 4.35. The summed E-state index contributed by atoms with van der Waals surface area (Å²) in [4.78, 5) is 26.7. The van der Waals surface area contributed by atoms with E-state index in [0.29, 0.717) is 12.1 Å². The molecule has 1 aromatic heterocycles. The van der Waals surface area contributed by atoms with Gasteiger partial charge in [0.2, 0.25) is 0 Å². The fraction of sp³-hybridized carbons (Fsp3) is 0.545. The Kier molecular flexibility index (Phi) is 3.12. The summed E-state index contributed by atoms with van der Waals surface area (Å²) in [6, 6.07) is -0.269. The molecule has 1 amide bonds. The van der Waals surface area contributed by atoms with Gasteiger partial charge in [-0.25, -0.2) is 4.98 Å². The third kappa shape index (κ3) is 2.30. The second-order valence-electron chi connectivity index (χ2n) is 4.35. The number of imidazole rings is 1. The molecule has 1 aromatic rings. The molecule has 1 heterocycles. The van der Waals surface area contributed by atoms with Crippen LogP contribution in [0.3, 0.4) is 0 Å². The van der Waals surface area contributed by atoms with Crippen molar-refractivity contribution >= 4 is 11.9 Å². The van der Waals surface area contributed by atoms with Crippen molar-refractivity contribution in [1.29, 1.82) is 0 Å². The highest BCUT2D eigenvalue weighted by molar-refractivity contribution is 5.93. The van der Waals surface area contributed by atoms with E-state index in [0.717, 1.165) is 12.8 Å². The van der Waals surface area contributed by atoms with Crippen LogP contribution in [0.4, 0.5) is 0 Å². The highest BCUT2D eigenvalue weighted by Crippen LogP contribution is 2.26. The average Bonchev–Trinajstić information content (AvgIpc) is 2.86. The molecule has 0 aliphatic heterocycles. The number of hydrogen-bond acceptors (Lipinski definition) is 3. The summed E-state index contributed by atoms with van der Waals surface area (Å²) in [6.45, 7) is 0. The van der Waals surface area contributed by atoms with Crippen LogP contribution in [-0.4, -0.2) is 32.6 Å². The number of nitrogens with zero attached hydrogens (tertiary/aromatic N) is 2. The molecule has 1 fully saturated rings. The summed E-state index contributed by atoms with van der Waals surface area (Å²) in [7, 11) is 1.73. The molecule has 0 bridgehead atoms. The van der Waals surface area contributed by atoms with Gasteiger partial charge in [-0.05, 0) is 12.8 Å². The Bertz CT molecular complexity index is 441. The number of amides is 1. The molecule has 2 rings (SSSR count). The maximum atomic E-state index is 11.9. The van der Waals surface area contributed by atoms with Crippen LogP contribution in [0, 0.1) is 5.92 Å². The van der Waals surface area contributed by atoms with Gasteiger partial charge in [0.05, 0.1) is 18.4 Å². The van der Waals surface area contributed by atoms with Crippen LogP contribution in [0.25, 0.3) is 0 Å². The van der Waals surface area contributed by atoms with E-state index in [1.54, 1.807) is 11.6 Å². The Morgan fingerprint density at radius 2 is 2.29 bits per heavy atom. The number of hydrogen-bond donors (Lipinski definition) is 2. The predicted octanol–water partition coefficient (Wildman–Crippen LogP) is 0.403. The standard InChI is InChI=1S/C11H15N3O3/c1-14-6-12-5-9(14)10(15)13-8-4-2-3-7(8)11(16)17/h5-8H,2-4H2,1H3,(H,13,15)(H,16,17). The lowest BCUT2D eigenvalue weighted by Crippen LogP contribution is -2.40. The van der Waals surface area contributed by atoms with Crippen molar-refractivity contribution in [3.05, 3.63) is 18.2 Å². The van der Waals surface area contributed by atoms with Crippen LogP contribution in [-0.2, 0) is 11.8 Å². The van der Waals surface area contributed by atoms with Crippen molar-refractivity contribution < 1.29 is 14.7 Å². The van der Waals surface area contributed by atoms with E-state index < -0.39 is 11.9 Å². The number of rotatable bonds is 3. The summed E-state index contributed by atoms with van der Waals surface area (Å²) in [6.07, 6.45) is 5.21. The normalized spacial score (nSPS) is 23.6. The molecule has 6 nitrogen and oxygen atoms in total. The zero-order valence-electron chi connectivity index (χ0n) is 9.59. The predicted molar refractivity (Wildman–Crippen MR) is 59.4 cm³/mol. The second kappa shape index (κ2) is 4.57. The van der Waals surface area contributed by atoms with Gasteiger partial charge < -0.3 is 15.0 Å². The lowest BCUT2D eigenvalue weighted by molar-refractivity contribution is -0.142. The minimum Gasteiger partial charge on any atom is -0.481 e. The summed E-state index contributed by atoms with van der Waals surface area (Å²) >= 11 is 0. The van der Waals surface area contributed by atoms with Crippen molar-refractivity contribution in [3.8, 4) is 0 Å². The largest absolute Gasteiger partial charge is 0.481 e. The van der Waals surface area contributed by atoms with Crippen molar-refractivity contribution in [2.75, 3.05) is 0 Å². The molecule has 17 heavy (non-hydrogen) atoms. The van der Waals surface area contributed by atoms with E-state index in [1.165, 1.54) is 12.5 Å². The number of aryl methyl sites for hydroxylation is 1. The Balaban J connectivity index is 2.04. The number of carboxylic acid groups (broad SMARTS) is 1. The van der Waals surface area contributed by atoms with Crippen LogP contribution in [0.2, 0.25) is 0 Å². The first-order chi connectivity index (χ1) is 8.09. The van der Waals surface area contributed by atoms with Crippen LogP contribution >= 0.6 is 0 Å². The van der Waals surface area contributed by atoms with E-state index in [2.05, 4.69) is 10.3 Å². The summed E-state index contributed by atoms with van der Waals surface area (Å²) in [5.41, 5.74) is 0.445. The summed E-state index contributed by atoms with van der Waals surface area (Å²) < 4.78 is 1.61. The van der Waals surface area contributed by atoms with Gasteiger partial charge in [-0.15, -0.1) is 0 Å². The number of aromatic nitrogens is 2. The third-order valence-corrected chi connectivity index (χ3v) is 3.20. The van der Waals surface area contributed by atoms with Crippen molar-refractivity contribution in [2.24, 2.45) is 13.0 Å². The fourth-order valence-corrected chi connectivity index (χ4v) is 2.25. The van der Waals surface area contributed by atoms with Gasteiger partial charge in [0, 0.05) is 13.1 Å². The smallest absolute Gasteiger partial charge is 0.308 e. The van der Waals surface area contributed by atoms with Crippen molar-refractivity contribution in [3.63, 3.8) is 0 Å². The maximum absolute atomic E-state index is 11.9. The number of carbonyl (C=O) groups excluding carboxylic acids is 1. The molecule has 1 saturated carbocycles. The van der Waals surface area contributed by atoms with E-state index in [9.17, 15) is 9.59 Å². The molecule has 0 spiro atoms. The molecular formula is C11H15N3O3. The third-order valence-electron chi connectivity index (χ3n) is 3.20. The van der Waals surface area contributed by atoms with E-state index in [-0.39, 0.29) is 11.9 Å². The summed E-state index contributed by atoms with van der Waals surface area (Å²) in [5.74, 6) is -1.56. The first kappa shape index (κ1) is 11.6. The molecule has 1 aliphatic rings. The van der Waals surface area contributed by atoms with E-state index >= 15 is 0 Å². The monoisotopic (exact) mass is 237 g/mol. The zero-order valence-corrected chi connectivity index (χ0v) is 9.59. The van der Waals surface area contributed by atoms with Crippen LogP contribution < -0.4 is 5.32 Å². The van der Waals surface area contributed by atoms with Crippen molar-refractivity contribution in [2.45, 2.75) is 25.3 Å². The minimum absolute atomic E-state index is 0.261. The quantitative estimate of drug-likeness (QED) is 0.797. The van der Waals surface area contributed by atoms with Gasteiger partial charge in [0.1, 0.15) is 5.69 Å². The average molecular weight is 237 g/mol. The van der Waals surface area contributed by atoms with Crippen LogP contribution in [0.5, 0.6) is 0 Å².